The standard InChI is InChI=1S/C18H19N5OS/c1-22-12-20-11-16(22)15-10-19-9-14(21-15)13-4-6-23(7-5-13)18(24)17-3-2-8-25-17/h2-3,8-13H,4-7H2,1H3. The molecule has 0 aromatic carbocycles. The van der Waals surface area contributed by atoms with E-state index in [0.717, 1.165) is 47.9 Å². The Morgan fingerprint density at radius 2 is 2.04 bits per heavy atom. The van der Waals surface area contributed by atoms with Crippen molar-refractivity contribution < 1.29 is 4.79 Å². The topological polar surface area (TPSA) is 63.9 Å². The van der Waals surface area contributed by atoms with Crippen LogP contribution in [0.1, 0.15) is 34.1 Å². The number of aryl methyl sites for hydroxylation is 1. The Balaban J connectivity index is 1.46. The molecule has 25 heavy (non-hydrogen) atoms. The van der Waals surface area contributed by atoms with E-state index in [-0.39, 0.29) is 5.91 Å². The third-order valence-corrected chi connectivity index (χ3v) is 5.52. The van der Waals surface area contributed by atoms with Crippen LogP contribution in [0.4, 0.5) is 0 Å². The van der Waals surface area contributed by atoms with Crippen molar-refractivity contribution in [2.45, 2.75) is 18.8 Å². The van der Waals surface area contributed by atoms with E-state index in [0.29, 0.717) is 5.92 Å². The van der Waals surface area contributed by atoms with Crippen molar-refractivity contribution in [1.29, 1.82) is 0 Å². The van der Waals surface area contributed by atoms with Gasteiger partial charge in [0.15, 0.2) is 0 Å². The minimum absolute atomic E-state index is 0.142. The lowest BCUT2D eigenvalue weighted by Gasteiger charge is -2.31. The molecule has 3 aromatic heterocycles. The summed E-state index contributed by atoms with van der Waals surface area (Å²) in [5.74, 6) is 0.483. The summed E-state index contributed by atoms with van der Waals surface area (Å²) in [5.41, 5.74) is 2.80. The zero-order valence-electron chi connectivity index (χ0n) is 14.0. The van der Waals surface area contributed by atoms with Crippen molar-refractivity contribution in [1.82, 2.24) is 24.4 Å². The second kappa shape index (κ2) is 6.76. The molecule has 7 heteroatoms. The molecule has 4 rings (SSSR count). The van der Waals surface area contributed by atoms with Crippen molar-refractivity contribution in [2.75, 3.05) is 13.1 Å². The maximum Gasteiger partial charge on any atom is 0.263 e. The van der Waals surface area contributed by atoms with Crippen molar-refractivity contribution >= 4 is 17.2 Å². The molecule has 4 heterocycles. The second-order valence-corrected chi connectivity index (χ2v) is 7.21. The SMILES string of the molecule is Cn1cncc1-c1cncc(C2CCN(C(=O)c3cccs3)CC2)n1. The van der Waals surface area contributed by atoms with Crippen molar-refractivity contribution in [3.05, 3.63) is 53.0 Å². The van der Waals surface area contributed by atoms with E-state index in [2.05, 4.69) is 9.97 Å². The van der Waals surface area contributed by atoms with Crippen LogP contribution >= 0.6 is 11.3 Å². The minimum Gasteiger partial charge on any atom is -0.338 e. The van der Waals surface area contributed by atoms with E-state index in [1.807, 2.05) is 40.2 Å². The molecule has 0 N–H and O–H groups in total. The highest BCUT2D eigenvalue weighted by molar-refractivity contribution is 7.12. The molecule has 1 saturated heterocycles. The van der Waals surface area contributed by atoms with Gasteiger partial charge in [-0.1, -0.05) is 6.07 Å². The smallest absolute Gasteiger partial charge is 0.263 e. The Morgan fingerprint density at radius 3 is 2.72 bits per heavy atom. The molecule has 0 radical (unpaired) electrons. The number of imidazole rings is 1. The Kier molecular flexibility index (Phi) is 4.31. The van der Waals surface area contributed by atoms with Crippen molar-refractivity contribution in [3.8, 4) is 11.4 Å². The normalized spacial score (nSPS) is 15.5. The molecule has 0 spiro atoms. The summed E-state index contributed by atoms with van der Waals surface area (Å²) in [6.07, 6.45) is 9.02. The van der Waals surface area contributed by atoms with Crippen LogP contribution in [-0.2, 0) is 7.05 Å². The summed E-state index contributed by atoms with van der Waals surface area (Å²) in [4.78, 5) is 28.5. The third kappa shape index (κ3) is 3.19. The number of rotatable bonds is 3. The summed E-state index contributed by atoms with van der Waals surface area (Å²) in [7, 11) is 1.95. The van der Waals surface area contributed by atoms with Crippen molar-refractivity contribution in [3.63, 3.8) is 0 Å². The third-order valence-electron chi connectivity index (χ3n) is 4.66. The Hall–Kier alpha value is -2.54. The zero-order chi connectivity index (χ0) is 17.2. The lowest BCUT2D eigenvalue weighted by Crippen LogP contribution is -2.37. The fourth-order valence-corrected chi connectivity index (χ4v) is 3.93. The van der Waals surface area contributed by atoms with Crippen LogP contribution in [0.3, 0.4) is 0 Å². The maximum atomic E-state index is 12.4. The fraction of sp³-hybridized carbons (Fsp3) is 0.333. The van der Waals surface area contributed by atoms with Gasteiger partial charge in [-0.3, -0.25) is 9.78 Å². The van der Waals surface area contributed by atoms with E-state index >= 15 is 0 Å². The number of piperidine rings is 1. The lowest BCUT2D eigenvalue weighted by atomic mass is 9.93. The second-order valence-electron chi connectivity index (χ2n) is 6.26. The number of amides is 1. The molecule has 0 atom stereocenters. The predicted octanol–water partition coefficient (Wildman–Crippen LogP) is 2.96. The predicted molar refractivity (Wildman–Crippen MR) is 96.4 cm³/mol. The van der Waals surface area contributed by atoms with Crippen LogP contribution < -0.4 is 0 Å². The molecule has 0 saturated carbocycles. The van der Waals surface area contributed by atoms with Crippen LogP contribution in [0, 0.1) is 0 Å². The summed E-state index contributed by atoms with van der Waals surface area (Å²) >= 11 is 1.50. The molecule has 1 aliphatic rings. The van der Waals surface area contributed by atoms with Gasteiger partial charge in [-0.25, -0.2) is 9.97 Å². The van der Waals surface area contributed by atoms with Crippen LogP contribution in [-0.4, -0.2) is 43.4 Å². The van der Waals surface area contributed by atoms with Gasteiger partial charge in [-0.15, -0.1) is 11.3 Å². The van der Waals surface area contributed by atoms with E-state index < -0.39 is 0 Å². The molecule has 1 fully saturated rings. The van der Waals surface area contributed by atoms with E-state index in [1.165, 1.54) is 11.3 Å². The average Bonchev–Trinajstić information content (AvgIpc) is 3.33. The van der Waals surface area contributed by atoms with Gasteiger partial charge in [-0.2, -0.15) is 0 Å². The molecule has 1 amide bonds. The number of nitrogens with zero attached hydrogens (tertiary/aromatic N) is 5. The zero-order valence-corrected chi connectivity index (χ0v) is 14.8. The highest BCUT2D eigenvalue weighted by atomic mass is 32.1. The van der Waals surface area contributed by atoms with Gasteiger partial charge in [0, 0.05) is 32.3 Å². The summed E-state index contributed by atoms with van der Waals surface area (Å²) in [6.45, 7) is 1.53. The Morgan fingerprint density at radius 1 is 1.20 bits per heavy atom. The average molecular weight is 353 g/mol. The van der Waals surface area contributed by atoms with Crippen LogP contribution in [0.15, 0.2) is 42.4 Å². The Bertz CT molecular complexity index is 865. The van der Waals surface area contributed by atoms with Gasteiger partial charge >= 0.3 is 0 Å². The van der Waals surface area contributed by atoms with Gasteiger partial charge in [-0.05, 0) is 24.3 Å². The molecular weight excluding hydrogens is 334 g/mol. The van der Waals surface area contributed by atoms with Gasteiger partial charge in [0.25, 0.3) is 5.91 Å². The number of thiophene rings is 1. The first kappa shape index (κ1) is 16.0. The summed E-state index contributed by atoms with van der Waals surface area (Å²) in [5, 5.41) is 1.94. The van der Waals surface area contributed by atoms with E-state index in [1.54, 1.807) is 18.7 Å². The van der Waals surface area contributed by atoms with Gasteiger partial charge < -0.3 is 9.47 Å². The van der Waals surface area contributed by atoms with Gasteiger partial charge in [0.1, 0.15) is 5.69 Å². The minimum atomic E-state index is 0.142. The van der Waals surface area contributed by atoms with E-state index in [4.69, 9.17) is 4.98 Å². The highest BCUT2D eigenvalue weighted by Gasteiger charge is 2.26. The number of hydrogen-bond acceptors (Lipinski definition) is 5. The highest BCUT2D eigenvalue weighted by Crippen LogP contribution is 2.28. The van der Waals surface area contributed by atoms with Crippen LogP contribution in [0.2, 0.25) is 0 Å². The van der Waals surface area contributed by atoms with Crippen LogP contribution in [0.5, 0.6) is 0 Å². The first-order chi connectivity index (χ1) is 12.2. The number of carbonyl (C=O) groups is 1. The number of carbonyl (C=O) groups excluding carboxylic acids is 1. The van der Waals surface area contributed by atoms with E-state index in [9.17, 15) is 4.79 Å². The molecule has 0 unspecified atom stereocenters. The number of aromatic nitrogens is 4. The van der Waals surface area contributed by atoms with Crippen LogP contribution in [0.25, 0.3) is 11.4 Å². The first-order valence-corrected chi connectivity index (χ1v) is 9.22. The van der Waals surface area contributed by atoms with Crippen molar-refractivity contribution in [2.24, 2.45) is 7.05 Å². The molecule has 128 valence electrons. The molecule has 0 bridgehead atoms. The molecule has 3 aromatic rings. The maximum absolute atomic E-state index is 12.4. The fourth-order valence-electron chi connectivity index (χ4n) is 3.24. The molecule has 6 nitrogen and oxygen atoms in total. The van der Waals surface area contributed by atoms with Gasteiger partial charge in [0.2, 0.25) is 0 Å². The largest absolute Gasteiger partial charge is 0.338 e. The van der Waals surface area contributed by atoms with Gasteiger partial charge in [0.05, 0.1) is 35.0 Å². The Labute approximate surface area is 150 Å². The number of likely N-dealkylation sites (tertiary alicyclic amines) is 1. The number of hydrogen-bond donors (Lipinski definition) is 0. The molecule has 0 aliphatic carbocycles. The monoisotopic (exact) mass is 353 g/mol. The summed E-state index contributed by atoms with van der Waals surface area (Å²) in [6, 6.07) is 3.81. The molecular formula is C18H19N5OS. The quantitative estimate of drug-likeness (QED) is 0.726. The lowest BCUT2D eigenvalue weighted by molar-refractivity contribution is 0.0717. The molecule has 1 aliphatic heterocycles. The summed E-state index contributed by atoms with van der Waals surface area (Å²) < 4.78 is 1.94. The first-order valence-electron chi connectivity index (χ1n) is 8.34.